The predicted octanol–water partition coefficient (Wildman–Crippen LogP) is 2.90. The van der Waals surface area contributed by atoms with Crippen molar-refractivity contribution in [3.8, 4) is 5.75 Å². The van der Waals surface area contributed by atoms with Gasteiger partial charge in [0.25, 0.3) is 0 Å². The summed E-state index contributed by atoms with van der Waals surface area (Å²) in [6.07, 6.45) is 3.38. The van der Waals surface area contributed by atoms with Crippen LogP contribution in [0.1, 0.15) is 24.0 Å². The van der Waals surface area contributed by atoms with E-state index in [0.29, 0.717) is 10.9 Å². The highest BCUT2D eigenvalue weighted by Crippen LogP contribution is 2.32. The molecule has 1 aromatic rings. The van der Waals surface area contributed by atoms with Crippen LogP contribution in [0.3, 0.4) is 0 Å². The molecule has 0 radical (unpaired) electrons. The molecule has 0 spiro atoms. The lowest BCUT2D eigenvalue weighted by Gasteiger charge is -2.23. The second-order valence-electron chi connectivity index (χ2n) is 4.62. The van der Waals surface area contributed by atoms with Gasteiger partial charge < -0.3 is 10.4 Å². The van der Waals surface area contributed by atoms with E-state index in [1.165, 1.54) is 12.8 Å². The van der Waals surface area contributed by atoms with Crippen molar-refractivity contribution in [1.29, 1.82) is 0 Å². The average Bonchev–Trinajstić information content (AvgIpc) is 2.31. The molecule has 88 valence electrons. The number of aromatic hydroxyl groups is 1. The van der Waals surface area contributed by atoms with Crippen LogP contribution < -0.4 is 5.32 Å². The van der Waals surface area contributed by atoms with Gasteiger partial charge in [-0.1, -0.05) is 23.7 Å². The number of piperidine rings is 1. The lowest BCUT2D eigenvalue weighted by atomic mass is 9.91. The Morgan fingerprint density at radius 3 is 3.00 bits per heavy atom. The summed E-state index contributed by atoms with van der Waals surface area (Å²) in [7, 11) is 0. The summed E-state index contributed by atoms with van der Waals surface area (Å²) < 4.78 is 0. The first-order chi connectivity index (χ1) is 7.68. The van der Waals surface area contributed by atoms with Gasteiger partial charge >= 0.3 is 0 Å². The molecule has 0 aromatic heterocycles. The lowest BCUT2D eigenvalue weighted by Crippen LogP contribution is -2.30. The smallest absolute Gasteiger partial charge is 0.137 e. The number of nitrogens with one attached hydrogen (secondary N) is 1. The molecule has 0 saturated carbocycles. The molecule has 1 aliphatic heterocycles. The third-order valence-electron chi connectivity index (χ3n) is 3.30. The minimum absolute atomic E-state index is 0.271. The minimum Gasteiger partial charge on any atom is -0.506 e. The molecule has 0 amide bonds. The molecule has 0 bridgehead atoms. The maximum atomic E-state index is 9.96. The standard InChI is InChI=1S/C13H18ClNO/c1-9-4-5-11(13(16)12(9)14)7-10-3-2-6-15-8-10/h4-5,10,15-16H,2-3,6-8H2,1H3. The summed E-state index contributed by atoms with van der Waals surface area (Å²) in [6.45, 7) is 4.08. The monoisotopic (exact) mass is 239 g/mol. The molecule has 1 aliphatic rings. The number of hydrogen-bond acceptors (Lipinski definition) is 2. The van der Waals surface area contributed by atoms with Crippen molar-refractivity contribution in [3.63, 3.8) is 0 Å². The second-order valence-corrected chi connectivity index (χ2v) is 5.00. The molecule has 1 fully saturated rings. The minimum atomic E-state index is 0.271. The number of phenols is 1. The SMILES string of the molecule is Cc1ccc(CC2CCCNC2)c(O)c1Cl. The maximum Gasteiger partial charge on any atom is 0.137 e. The zero-order valence-corrected chi connectivity index (χ0v) is 10.3. The summed E-state index contributed by atoms with van der Waals surface area (Å²) in [6, 6.07) is 3.97. The van der Waals surface area contributed by atoms with Crippen LogP contribution in [0.4, 0.5) is 0 Å². The Balaban J connectivity index is 2.11. The molecule has 16 heavy (non-hydrogen) atoms. The highest BCUT2D eigenvalue weighted by Gasteiger charge is 2.16. The largest absolute Gasteiger partial charge is 0.506 e. The van der Waals surface area contributed by atoms with E-state index in [4.69, 9.17) is 11.6 Å². The number of rotatable bonds is 2. The maximum absolute atomic E-state index is 9.96. The fourth-order valence-electron chi connectivity index (χ4n) is 2.28. The van der Waals surface area contributed by atoms with E-state index in [1.807, 2.05) is 19.1 Å². The fraction of sp³-hybridized carbons (Fsp3) is 0.538. The summed E-state index contributed by atoms with van der Waals surface area (Å²) in [5.74, 6) is 0.894. The van der Waals surface area contributed by atoms with Crippen molar-refractivity contribution < 1.29 is 5.11 Å². The van der Waals surface area contributed by atoms with Crippen LogP contribution >= 0.6 is 11.6 Å². The van der Waals surface area contributed by atoms with Crippen LogP contribution in [-0.4, -0.2) is 18.2 Å². The topological polar surface area (TPSA) is 32.3 Å². The Labute approximate surface area is 102 Å². The molecular weight excluding hydrogens is 222 g/mol. The molecule has 2 rings (SSSR count). The summed E-state index contributed by atoms with van der Waals surface area (Å²) >= 11 is 6.03. The molecule has 3 heteroatoms. The van der Waals surface area contributed by atoms with Gasteiger partial charge in [0.15, 0.2) is 0 Å². The van der Waals surface area contributed by atoms with Crippen molar-refractivity contribution in [2.45, 2.75) is 26.2 Å². The normalized spacial score (nSPS) is 21.0. The van der Waals surface area contributed by atoms with Crippen LogP contribution in [0.15, 0.2) is 12.1 Å². The van der Waals surface area contributed by atoms with E-state index in [0.717, 1.165) is 30.6 Å². The van der Waals surface area contributed by atoms with Gasteiger partial charge in [0, 0.05) is 0 Å². The van der Waals surface area contributed by atoms with Gasteiger partial charge in [0.2, 0.25) is 0 Å². The third kappa shape index (κ3) is 2.50. The van der Waals surface area contributed by atoms with Gasteiger partial charge in [-0.2, -0.15) is 0 Å². The molecule has 1 saturated heterocycles. The van der Waals surface area contributed by atoms with Gasteiger partial charge in [-0.05, 0) is 56.3 Å². The van der Waals surface area contributed by atoms with E-state index in [9.17, 15) is 5.11 Å². The zero-order chi connectivity index (χ0) is 11.5. The Morgan fingerprint density at radius 1 is 1.50 bits per heavy atom. The van der Waals surface area contributed by atoms with Crippen LogP contribution in [0, 0.1) is 12.8 Å². The van der Waals surface area contributed by atoms with Gasteiger partial charge in [-0.15, -0.1) is 0 Å². The number of aryl methyl sites for hydroxylation is 1. The van der Waals surface area contributed by atoms with Gasteiger partial charge in [0.1, 0.15) is 5.75 Å². The average molecular weight is 240 g/mol. The van der Waals surface area contributed by atoms with E-state index in [-0.39, 0.29) is 5.75 Å². The van der Waals surface area contributed by atoms with Gasteiger partial charge in [0.05, 0.1) is 5.02 Å². The van der Waals surface area contributed by atoms with Crippen LogP contribution in [0.2, 0.25) is 5.02 Å². The van der Waals surface area contributed by atoms with Crippen molar-refractivity contribution in [1.82, 2.24) is 5.32 Å². The Bertz CT molecular complexity index is 372. The van der Waals surface area contributed by atoms with Crippen molar-refractivity contribution in [2.75, 3.05) is 13.1 Å². The number of hydrogen-bond donors (Lipinski definition) is 2. The number of halogens is 1. The predicted molar refractivity (Wildman–Crippen MR) is 67.2 cm³/mol. The first-order valence-electron chi connectivity index (χ1n) is 5.86. The molecule has 2 nitrogen and oxygen atoms in total. The second kappa shape index (κ2) is 5.07. The Morgan fingerprint density at radius 2 is 2.31 bits per heavy atom. The number of benzene rings is 1. The molecule has 1 aromatic carbocycles. The van der Waals surface area contributed by atoms with E-state index in [1.54, 1.807) is 0 Å². The first kappa shape index (κ1) is 11.7. The molecule has 0 aliphatic carbocycles. The summed E-state index contributed by atoms with van der Waals surface area (Å²) in [5.41, 5.74) is 1.91. The summed E-state index contributed by atoms with van der Waals surface area (Å²) in [4.78, 5) is 0. The fourth-order valence-corrected chi connectivity index (χ4v) is 2.46. The molecule has 1 unspecified atom stereocenters. The van der Waals surface area contributed by atoms with Crippen LogP contribution in [-0.2, 0) is 6.42 Å². The molecule has 1 atom stereocenters. The van der Waals surface area contributed by atoms with Crippen LogP contribution in [0.5, 0.6) is 5.75 Å². The van der Waals surface area contributed by atoms with Gasteiger partial charge in [-0.25, -0.2) is 0 Å². The lowest BCUT2D eigenvalue weighted by molar-refractivity contribution is 0.370. The van der Waals surface area contributed by atoms with Crippen molar-refractivity contribution in [3.05, 3.63) is 28.3 Å². The Hall–Kier alpha value is -0.730. The molecular formula is C13H18ClNO. The highest BCUT2D eigenvalue weighted by molar-refractivity contribution is 6.32. The molecule has 1 heterocycles. The zero-order valence-electron chi connectivity index (χ0n) is 9.59. The number of phenolic OH excluding ortho intramolecular Hbond substituents is 1. The van der Waals surface area contributed by atoms with Gasteiger partial charge in [-0.3, -0.25) is 0 Å². The van der Waals surface area contributed by atoms with Crippen LogP contribution in [0.25, 0.3) is 0 Å². The van der Waals surface area contributed by atoms with E-state index >= 15 is 0 Å². The van der Waals surface area contributed by atoms with E-state index < -0.39 is 0 Å². The molecule has 2 N–H and O–H groups in total. The van der Waals surface area contributed by atoms with Crippen molar-refractivity contribution in [2.24, 2.45) is 5.92 Å². The first-order valence-corrected chi connectivity index (χ1v) is 6.24. The highest BCUT2D eigenvalue weighted by atomic mass is 35.5. The van der Waals surface area contributed by atoms with Crippen molar-refractivity contribution >= 4 is 11.6 Å². The quantitative estimate of drug-likeness (QED) is 0.832. The third-order valence-corrected chi connectivity index (χ3v) is 3.78. The Kier molecular flexibility index (Phi) is 3.72. The van der Waals surface area contributed by atoms with E-state index in [2.05, 4.69) is 5.32 Å². The summed E-state index contributed by atoms with van der Waals surface area (Å²) in [5, 5.41) is 13.8.